The highest BCUT2D eigenvalue weighted by molar-refractivity contribution is 5.27. The molecule has 1 unspecified atom stereocenters. The Morgan fingerprint density at radius 3 is 2.68 bits per heavy atom. The molecule has 1 atom stereocenters. The van der Waals surface area contributed by atoms with E-state index in [0.717, 1.165) is 7.11 Å². The molecule has 0 aliphatic heterocycles. The number of methoxy groups -OCH3 is 1. The SMILES string of the molecule is [2H]c1c([2H])c(C([2H])([2H])C([2H])([2H])OC)c([2H])c([2H])c1OCC([2H])(O)C([2H])([2H])NC(C)C. The van der Waals surface area contributed by atoms with E-state index in [1.165, 1.54) is 0 Å². The summed E-state index contributed by atoms with van der Waals surface area (Å²) in [6, 6.07) is -4.07. The summed E-state index contributed by atoms with van der Waals surface area (Å²) in [7, 11) is 0.889. The van der Waals surface area contributed by atoms with Gasteiger partial charge in [0, 0.05) is 25.1 Å². The van der Waals surface area contributed by atoms with E-state index < -0.39 is 73.6 Å². The number of benzene rings is 1. The first-order chi connectivity index (χ1) is 13.3. The Morgan fingerprint density at radius 2 is 2.11 bits per heavy atom. The van der Waals surface area contributed by atoms with Gasteiger partial charge in [0.15, 0.2) is 0 Å². The molecule has 0 saturated carbocycles. The molecular weight excluding hydrogens is 242 g/mol. The van der Waals surface area contributed by atoms with Gasteiger partial charge in [0.25, 0.3) is 0 Å². The van der Waals surface area contributed by atoms with Gasteiger partial charge < -0.3 is 19.9 Å². The van der Waals surface area contributed by atoms with E-state index in [-0.39, 0.29) is 0 Å². The summed E-state index contributed by atoms with van der Waals surface area (Å²) in [6.45, 7) is -3.52. The lowest BCUT2D eigenvalue weighted by molar-refractivity contribution is 0.104. The number of ether oxygens (including phenoxy) is 2. The molecule has 0 aliphatic rings. The summed E-state index contributed by atoms with van der Waals surface area (Å²) in [5.74, 6) is -0.742. The van der Waals surface area contributed by atoms with Crippen molar-refractivity contribution in [2.75, 3.05) is 26.8 Å². The lowest BCUT2D eigenvalue weighted by Crippen LogP contribution is -2.35. The minimum absolute atomic E-state index is 0.438. The fraction of sp³-hybridized carbons (Fsp3) is 0.600. The maximum Gasteiger partial charge on any atom is 0.119 e. The Bertz CT molecular complexity index is 755. The van der Waals surface area contributed by atoms with Crippen LogP contribution in [-0.2, 0) is 11.1 Å². The van der Waals surface area contributed by atoms with E-state index in [1.54, 1.807) is 13.8 Å². The summed E-state index contributed by atoms with van der Waals surface area (Å²) in [5.41, 5.74) is -0.894. The number of hydrogen-bond donors (Lipinski definition) is 2. The molecule has 0 fully saturated rings. The van der Waals surface area contributed by atoms with Crippen molar-refractivity contribution in [3.63, 3.8) is 0 Å². The highest BCUT2D eigenvalue weighted by Crippen LogP contribution is 2.12. The molecule has 4 heteroatoms. The molecule has 108 valence electrons. The van der Waals surface area contributed by atoms with Crippen LogP contribution in [0.1, 0.15) is 34.5 Å². The smallest absolute Gasteiger partial charge is 0.119 e. The molecule has 0 saturated heterocycles. The minimum Gasteiger partial charge on any atom is -0.491 e. The van der Waals surface area contributed by atoms with Crippen LogP contribution < -0.4 is 10.1 Å². The molecule has 0 bridgehead atoms. The zero-order chi connectivity index (χ0) is 23.9. The van der Waals surface area contributed by atoms with Crippen LogP contribution in [0.3, 0.4) is 0 Å². The van der Waals surface area contributed by atoms with Crippen LogP contribution in [0.15, 0.2) is 24.2 Å². The van der Waals surface area contributed by atoms with Crippen LogP contribution in [0.5, 0.6) is 5.75 Å². The van der Waals surface area contributed by atoms with Gasteiger partial charge in [0.2, 0.25) is 0 Å². The summed E-state index contributed by atoms with van der Waals surface area (Å²) >= 11 is 0. The predicted octanol–water partition coefficient (Wildman–Crippen LogP) is 1.61. The lowest BCUT2D eigenvalue weighted by Gasteiger charge is -2.15. The average molecular weight is 278 g/mol. The molecule has 19 heavy (non-hydrogen) atoms. The van der Waals surface area contributed by atoms with E-state index in [1.807, 2.05) is 0 Å². The van der Waals surface area contributed by atoms with Crippen LogP contribution in [-0.4, -0.2) is 44.0 Å². The third-order valence-electron chi connectivity index (χ3n) is 1.74. The van der Waals surface area contributed by atoms with E-state index >= 15 is 0 Å². The van der Waals surface area contributed by atoms with Crippen LogP contribution in [0.25, 0.3) is 0 Å². The van der Waals surface area contributed by atoms with Crippen molar-refractivity contribution in [3.05, 3.63) is 29.7 Å². The van der Waals surface area contributed by atoms with Gasteiger partial charge >= 0.3 is 0 Å². The molecule has 1 aromatic carbocycles. The fourth-order valence-electron chi connectivity index (χ4n) is 0.942. The Hall–Kier alpha value is -1.10. The van der Waals surface area contributed by atoms with Gasteiger partial charge in [0.1, 0.15) is 18.4 Å². The van der Waals surface area contributed by atoms with Crippen LogP contribution in [0.2, 0.25) is 0 Å². The van der Waals surface area contributed by atoms with E-state index in [2.05, 4.69) is 10.1 Å². The molecule has 2 N–H and O–H groups in total. The maximum absolute atomic E-state index is 10.2. The van der Waals surface area contributed by atoms with Gasteiger partial charge in [-0.05, 0) is 24.0 Å². The molecule has 4 nitrogen and oxygen atoms in total. The number of hydrogen-bond acceptors (Lipinski definition) is 4. The second kappa shape index (κ2) is 8.91. The van der Waals surface area contributed by atoms with Gasteiger partial charge in [-0.2, -0.15) is 0 Å². The first kappa shape index (κ1) is 6.12. The molecular formula is C15H25NO3. The van der Waals surface area contributed by atoms with Gasteiger partial charge in [-0.15, -0.1) is 0 Å². The molecule has 0 aromatic heterocycles. The Labute approximate surface area is 131 Å². The van der Waals surface area contributed by atoms with Crippen molar-refractivity contribution < 1.29 is 29.7 Å². The molecule has 1 rings (SSSR count). The van der Waals surface area contributed by atoms with Crippen LogP contribution >= 0.6 is 0 Å². The monoisotopic (exact) mass is 278 g/mol. The van der Waals surface area contributed by atoms with E-state index in [0.29, 0.717) is 0 Å². The summed E-state index contributed by atoms with van der Waals surface area (Å²) < 4.78 is 96.1. The average Bonchev–Trinajstić information content (AvgIpc) is 2.58. The quantitative estimate of drug-likeness (QED) is 0.720. The first-order valence-electron chi connectivity index (χ1n) is 11.1. The second-order valence-electron chi connectivity index (χ2n) is 3.79. The number of aliphatic hydroxyl groups is 1. The Kier molecular flexibility index (Phi) is 2.87. The second-order valence-corrected chi connectivity index (χ2v) is 3.79. The zero-order valence-electron chi connectivity index (χ0n) is 22.0. The van der Waals surface area contributed by atoms with E-state index in [9.17, 15) is 5.11 Å². The molecule has 1 aromatic rings. The molecule has 0 amide bonds. The van der Waals surface area contributed by atoms with Crippen molar-refractivity contribution >= 4 is 0 Å². The topological polar surface area (TPSA) is 50.7 Å². The summed E-state index contributed by atoms with van der Waals surface area (Å²) in [6.07, 6.45) is -5.93. The van der Waals surface area contributed by atoms with Gasteiger partial charge in [-0.1, -0.05) is 25.9 Å². The van der Waals surface area contributed by atoms with Crippen LogP contribution in [0.4, 0.5) is 0 Å². The van der Waals surface area contributed by atoms with Crippen molar-refractivity contribution in [3.8, 4) is 5.75 Å². The van der Waals surface area contributed by atoms with Crippen molar-refractivity contribution in [1.29, 1.82) is 0 Å². The van der Waals surface area contributed by atoms with Crippen molar-refractivity contribution in [1.82, 2.24) is 5.32 Å². The molecule has 0 radical (unpaired) electrons. The third kappa shape index (κ3) is 7.15. The van der Waals surface area contributed by atoms with Gasteiger partial charge in [-0.3, -0.25) is 0 Å². The highest BCUT2D eigenvalue weighted by Gasteiger charge is 2.05. The molecule has 0 spiro atoms. The van der Waals surface area contributed by atoms with Crippen molar-refractivity contribution in [2.45, 2.75) is 32.3 Å². The largest absolute Gasteiger partial charge is 0.491 e. The summed E-state index contributed by atoms with van der Waals surface area (Å²) in [4.78, 5) is 0. The van der Waals surface area contributed by atoms with Crippen LogP contribution in [0, 0.1) is 0 Å². The summed E-state index contributed by atoms with van der Waals surface area (Å²) in [5, 5.41) is 12.5. The number of rotatable bonds is 9. The highest BCUT2D eigenvalue weighted by atomic mass is 16.5. The van der Waals surface area contributed by atoms with Gasteiger partial charge in [0.05, 0.1) is 16.2 Å². The predicted molar refractivity (Wildman–Crippen MR) is 76.7 cm³/mol. The third-order valence-corrected chi connectivity index (χ3v) is 1.74. The number of nitrogens with one attached hydrogen (secondary N) is 1. The van der Waals surface area contributed by atoms with E-state index in [4.69, 9.17) is 19.8 Å². The molecule has 0 aliphatic carbocycles. The fourth-order valence-corrected chi connectivity index (χ4v) is 0.942. The normalized spacial score (nSPS) is 25.0. The Balaban J connectivity index is 3.41. The standard InChI is InChI=1S/C15H25NO3/c1-12(2)16-10-14(17)11-19-15-6-4-13(5-7-15)8-9-18-3/h4-7,12,14,16-17H,8-11H2,1-3H3/i4D,5D,6D,7D,8D2,9D2,10D2,14D. The minimum atomic E-state index is -3.06. The van der Waals surface area contributed by atoms with Crippen molar-refractivity contribution in [2.24, 2.45) is 0 Å². The maximum atomic E-state index is 10.2. The lowest BCUT2D eigenvalue weighted by atomic mass is 10.1. The van der Waals surface area contributed by atoms with Gasteiger partial charge in [-0.25, -0.2) is 0 Å². The Morgan fingerprint density at radius 1 is 1.42 bits per heavy atom. The first-order valence-corrected chi connectivity index (χ1v) is 5.63. The zero-order valence-corrected chi connectivity index (χ0v) is 11.0. The molecule has 0 heterocycles.